The first-order chi connectivity index (χ1) is 26.0. The Morgan fingerprint density at radius 3 is 1.00 bits per heavy atom. The number of hydrogen-bond donors (Lipinski definition) is 2. The number of carbonyl (C=O) groups is 2. The van der Waals surface area contributed by atoms with E-state index in [2.05, 4.69) is 32.2 Å². The first-order valence-electron chi connectivity index (χ1n) is 23.0. The molecule has 0 amide bonds. The van der Waals surface area contributed by atoms with Crippen LogP contribution in [0.3, 0.4) is 0 Å². The van der Waals surface area contributed by atoms with E-state index in [0.717, 1.165) is 50.4 Å². The molecule has 0 spiro atoms. The van der Waals surface area contributed by atoms with Gasteiger partial charge in [-0.15, -0.1) is 0 Å². The van der Waals surface area contributed by atoms with Gasteiger partial charge >= 0.3 is 19.8 Å². The molecule has 8 nitrogen and oxygen atoms in total. The van der Waals surface area contributed by atoms with Crippen molar-refractivity contribution in [2.24, 2.45) is 11.8 Å². The molecule has 0 fully saturated rings. The predicted molar refractivity (Wildman–Crippen MR) is 225 cm³/mol. The largest absolute Gasteiger partial charge is 0.469 e. The summed E-state index contributed by atoms with van der Waals surface area (Å²) >= 11 is 0. The van der Waals surface area contributed by atoms with Gasteiger partial charge in [0, 0.05) is 12.8 Å². The molecule has 9 heteroatoms. The Hall–Kier alpha value is -0.950. The second kappa shape index (κ2) is 38.9. The number of phosphoric ester groups is 1. The van der Waals surface area contributed by atoms with Crippen LogP contribution in [-0.4, -0.2) is 41.0 Å². The Kier molecular flexibility index (Phi) is 38.2. The summed E-state index contributed by atoms with van der Waals surface area (Å²) < 4.78 is 26.5. The molecule has 0 aliphatic heterocycles. The molecule has 0 aromatic carbocycles. The third kappa shape index (κ3) is 43.8. The number of phosphoric acid groups is 1. The van der Waals surface area contributed by atoms with Crippen molar-refractivity contribution in [3.8, 4) is 0 Å². The molecule has 0 aliphatic rings. The Labute approximate surface area is 334 Å². The number of ether oxygens (including phenoxy) is 2. The van der Waals surface area contributed by atoms with Gasteiger partial charge in [-0.2, -0.15) is 0 Å². The van der Waals surface area contributed by atoms with Crippen molar-refractivity contribution < 1.29 is 37.9 Å². The van der Waals surface area contributed by atoms with E-state index >= 15 is 0 Å². The molecule has 0 bridgehead atoms. The first kappa shape index (κ1) is 53.0. The fourth-order valence-corrected chi connectivity index (χ4v) is 7.40. The molecule has 54 heavy (non-hydrogen) atoms. The summed E-state index contributed by atoms with van der Waals surface area (Å²) in [6, 6.07) is 0. The molecule has 322 valence electrons. The van der Waals surface area contributed by atoms with Gasteiger partial charge < -0.3 is 19.3 Å². The summed E-state index contributed by atoms with van der Waals surface area (Å²) in [6.07, 6.45) is 39.8. The summed E-state index contributed by atoms with van der Waals surface area (Å²) in [5, 5.41) is 0. The van der Waals surface area contributed by atoms with E-state index in [0.29, 0.717) is 6.42 Å². The first-order valence-corrected chi connectivity index (χ1v) is 24.6. The molecule has 0 heterocycles. The van der Waals surface area contributed by atoms with Crippen LogP contribution in [0.15, 0.2) is 0 Å². The van der Waals surface area contributed by atoms with Gasteiger partial charge in [0.05, 0.1) is 6.61 Å². The third-order valence-electron chi connectivity index (χ3n) is 10.5. The highest BCUT2D eigenvalue weighted by molar-refractivity contribution is 7.46. The lowest BCUT2D eigenvalue weighted by molar-refractivity contribution is -0.161. The highest BCUT2D eigenvalue weighted by atomic mass is 31.2. The molecule has 0 aromatic rings. The van der Waals surface area contributed by atoms with Crippen LogP contribution in [-0.2, 0) is 28.2 Å². The fourth-order valence-electron chi connectivity index (χ4n) is 7.04. The summed E-state index contributed by atoms with van der Waals surface area (Å²) in [7, 11) is -4.75. The molecule has 2 N–H and O–H groups in total. The lowest BCUT2D eigenvalue weighted by Crippen LogP contribution is -2.29. The normalized spacial score (nSPS) is 12.5. The molecule has 0 saturated carbocycles. The molecule has 1 atom stereocenters. The van der Waals surface area contributed by atoms with Crippen LogP contribution in [0.2, 0.25) is 0 Å². The van der Waals surface area contributed by atoms with Crippen molar-refractivity contribution >= 4 is 19.8 Å². The molecule has 0 aliphatic carbocycles. The number of rotatable bonds is 42. The van der Waals surface area contributed by atoms with Gasteiger partial charge in [-0.1, -0.05) is 220 Å². The summed E-state index contributed by atoms with van der Waals surface area (Å²) in [5.41, 5.74) is 0. The average Bonchev–Trinajstić information content (AvgIpc) is 3.11. The Bertz CT molecular complexity index is 874. The average molecular weight is 789 g/mol. The number of carbonyl (C=O) groups excluding carboxylic acids is 2. The highest BCUT2D eigenvalue weighted by Crippen LogP contribution is 2.36. The van der Waals surface area contributed by atoms with Crippen LogP contribution in [0.4, 0.5) is 0 Å². The predicted octanol–water partition coefficient (Wildman–Crippen LogP) is 14.1. The second-order valence-corrected chi connectivity index (χ2v) is 18.3. The summed E-state index contributed by atoms with van der Waals surface area (Å²) in [5.74, 6) is 0.800. The van der Waals surface area contributed by atoms with Crippen LogP contribution in [0, 0.1) is 11.8 Å². The van der Waals surface area contributed by atoms with E-state index in [1.165, 1.54) is 161 Å². The van der Waals surface area contributed by atoms with E-state index < -0.39 is 32.5 Å². The maximum Gasteiger partial charge on any atom is 0.469 e. The highest BCUT2D eigenvalue weighted by Gasteiger charge is 2.23. The quantitative estimate of drug-likeness (QED) is 0.0356. The Morgan fingerprint density at radius 1 is 0.426 bits per heavy atom. The fraction of sp³-hybridized carbons (Fsp3) is 0.956. The summed E-state index contributed by atoms with van der Waals surface area (Å²) in [6.45, 7) is 8.42. The third-order valence-corrected chi connectivity index (χ3v) is 11.0. The monoisotopic (exact) mass is 789 g/mol. The lowest BCUT2D eigenvalue weighted by atomic mass is 10.0. The SMILES string of the molecule is CC(C)CCCCCCCCCCCCCCCCCCCCC(=O)OC[C@H](COP(=O)(O)O)OC(=O)CCCCCCCCCCCCCCC(C)C. The molecule has 0 saturated heterocycles. The standard InChI is InChI=1S/C45H89O8P/c1-41(2)35-31-27-23-19-15-11-9-7-5-6-8-10-12-17-21-25-29-33-37-44(46)51-39-43(40-52-54(48,49)50)53-45(47)38-34-30-26-22-18-14-13-16-20-24-28-32-36-42(3)4/h41-43H,5-40H2,1-4H3,(H2,48,49,50)/t43-/m1/s1. The van der Waals surface area contributed by atoms with Crippen molar-refractivity contribution in [3.63, 3.8) is 0 Å². The van der Waals surface area contributed by atoms with Crippen LogP contribution in [0.1, 0.15) is 246 Å². The van der Waals surface area contributed by atoms with E-state index in [-0.39, 0.29) is 19.4 Å². The van der Waals surface area contributed by atoms with Crippen LogP contribution in [0.25, 0.3) is 0 Å². The van der Waals surface area contributed by atoms with Crippen molar-refractivity contribution in [2.45, 2.75) is 252 Å². The van der Waals surface area contributed by atoms with Crippen LogP contribution in [0.5, 0.6) is 0 Å². The van der Waals surface area contributed by atoms with Crippen molar-refractivity contribution in [1.29, 1.82) is 0 Å². The lowest BCUT2D eigenvalue weighted by Gasteiger charge is -2.18. The molecular formula is C45H89O8P. The van der Waals surface area contributed by atoms with Crippen molar-refractivity contribution in [1.82, 2.24) is 0 Å². The van der Waals surface area contributed by atoms with E-state index in [1.54, 1.807) is 0 Å². The van der Waals surface area contributed by atoms with Gasteiger partial charge in [-0.3, -0.25) is 14.1 Å². The van der Waals surface area contributed by atoms with E-state index in [4.69, 9.17) is 19.3 Å². The van der Waals surface area contributed by atoms with E-state index in [9.17, 15) is 14.2 Å². The van der Waals surface area contributed by atoms with Gasteiger partial charge in [0.1, 0.15) is 6.61 Å². The van der Waals surface area contributed by atoms with Crippen molar-refractivity contribution in [3.05, 3.63) is 0 Å². The zero-order chi connectivity index (χ0) is 40.0. The minimum absolute atomic E-state index is 0.218. The number of esters is 2. The molecular weight excluding hydrogens is 699 g/mol. The van der Waals surface area contributed by atoms with Gasteiger partial charge in [0.2, 0.25) is 0 Å². The molecule has 0 unspecified atom stereocenters. The number of unbranched alkanes of at least 4 members (excludes halogenated alkanes) is 28. The molecule has 0 aromatic heterocycles. The van der Waals surface area contributed by atoms with E-state index in [1.807, 2.05) is 0 Å². The molecule has 0 radical (unpaired) electrons. The van der Waals surface area contributed by atoms with Crippen molar-refractivity contribution in [2.75, 3.05) is 13.2 Å². The van der Waals surface area contributed by atoms with Gasteiger partial charge in [-0.25, -0.2) is 4.57 Å². The number of hydrogen-bond acceptors (Lipinski definition) is 6. The van der Waals surface area contributed by atoms with Gasteiger partial charge in [0.15, 0.2) is 6.10 Å². The zero-order valence-electron chi connectivity index (χ0n) is 36.0. The Morgan fingerprint density at radius 2 is 0.704 bits per heavy atom. The van der Waals surface area contributed by atoms with Crippen LogP contribution < -0.4 is 0 Å². The van der Waals surface area contributed by atoms with Crippen LogP contribution >= 0.6 is 7.82 Å². The maximum atomic E-state index is 12.4. The molecule has 0 rings (SSSR count). The maximum absolute atomic E-state index is 12.4. The topological polar surface area (TPSA) is 119 Å². The minimum Gasteiger partial charge on any atom is -0.462 e. The van der Waals surface area contributed by atoms with Gasteiger partial charge in [-0.05, 0) is 24.7 Å². The Balaban J connectivity index is 3.80. The zero-order valence-corrected chi connectivity index (χ0v) is 36.9. The minimum atomic E-state index is -4.75. The summed E-state index contributed by atoms with van der Waals surface area (Å²) in [4.78, 5) is 42.9. The van der Waals surface area contributed by atoms with Gasteiger partial charge in [0.25, 0.3) is 0 Å². The second-order valence-electron chi connectivity index (χ2n) is 17.1. The smallest absolute Gasteiger partial charge is 0.462 e.